The number of unbranched alkanes of at least 4 members (excludes halogenated alkanes) is 1. The third kappa shape index (κ3) is 2.72. The van der Waals surface area contributed by atoms with Crippen molar-refractivity contribution in [2.75, 3.05) is 0 Å². The van der Waals surface area contributed by atoms with Crippen LogP contribution in [0.15, 0.2) is 12.1 Å². The molecule has 0 saturated carbocycles. The molecule has 3 nitrogen and oxygen atoms in total. The van der Waals surface area contributed by atoms with E-state index in [1.54, 1.807) is 0 Å². The van der Waals surface area contributed by atoms with Gasteiger partial charge in [0.05, 0.1) is 0 Å². The van der Waals surface area contributed by atoms with Crippen molar-refractivity contribution in [2.24, 2.45) is 0 Å². The molecule has 0 spiro atoms. The second kappa shape index (κ2) is 4.82. The number of phenols is 1. The molecule has 0 unspecified atom stereocenters. The Kier molecular flexibility index (Phi) is 3.72. The maximum atomic E-state index is 10.8. The van der Waals surface area contributed by atoms with Crippen LogP contribution >= 0.6 is 0 Å². The predicted molar refractivity (Wildman–Crippen MR) is 58.4 cm³/mol. The van der Waals surface area contributed by atoms with Crippen LogP contribution in [0.5, 0.6) is 5.75 Å². The standard InChI is InChI=1S/C12H16O3/c1-3-4-5-9-6-8(2)7-10(11(9)13)12(14)15/h6-7,13H,3-5H2,1-2H3,(H,14,15). The molecule has 82 valence electrons. The first kappa shape index (κ1) is 11.6. The molecule has 1 aromatic rings. The minimum atomic E-state index is -1.08. The molecule has 0 amide bonds. The van der Waals surface area contributed by atoms with E-state index in [1.807, 2.05) is 13.0 Å². The highest BCUT2D eigenvalue weighted by Gasteiger charge is 2.13. The van der Waals surface area contributed by atoms with Crippen LogP contribution in [0.1, 0.15) is 41.3 Å². The number of rotatable bonds is 4. The Morgan fingerprint density at radius 3 is 2.60 bits per heavy atom. The van der Waals surface area contributed by atoms with Crippen molar-refractivity contribution in [3.05, 3.63) is 28.8 Å². The van der Waals surface area contributed by atoms with Crippen molar-refractivity contribution < 1.29 is 15.0 Å². The molecule has 3 heteroatoms. The van der Waals surface area contributed by atoms with Gasteiger partial charge in [0.1, 0.15) is 11.3 Å². The number of carboxylic acids is 1. The molecule has 0 aliphatic rings. The van der Waals surface area contributed by atoms with E-state index in [0.717, 1.165) is 30.4 Å². The van der Waals surface area contributed by atoms with Crippen LogP contribution in [0.3, 0.4) is 0 Å². The summed E-state index contributed by atoms with van der Waals surface area (Å²) < 4.78 is 0. The number of aromatic carboxylic acids is 1. The number of carbonyl (C=O) groups is 1. The normalized spacial score (nSPS) is 10.3. The van der Waals surface area contributed by atoms with Crippen LogP contribution in [0, 0.1) is 6.92 Å². The summed E-state index contributed by atoms with van der Waals surface area (Å²) >= 11 is 0. The van der Waals surface area contributed by atoms with Crippen LogP contribution in [0.25, 0.3) is 0 Å². The summed E-state index contributed by atoms with van der Waals surface area (Å²) in [6.45, 7) is 3.90. The highest BCUT2D eigenvalue weighted by atomic mass is 16.4. The van der Waals surface area contributed by atoms with E-state index in [0.29, 0.717) is 0 Å². The molecule has 1 aromatic carbocycles. The Morgan fingerprint density at radius 1 is 1.40 bits per heavy atom. The number of aromatic hydroxyl groups is 1. The Morgan fingerprint density at radius 2 is 2.07 bits per heavy atom. The van der Waals surface area contributed by atoms with Crippen molar-refractivity contribution in [2.45, 2.75) is 33.1 Å². The largest absolute Gasteiger partial charge is 0.507 e. The van der Waals surface area contributed by atoms with Crippen molar-refractivity contribution in [3.8, 4) is 5.75 Å². The summed E-state index contributed by atoms with van der Waals surface area (Å²) in [6, 6.07) is 3.34. The van der Waals surface area contributed by atoms with E-state index in [1.165, 1.54) is 6.07 Å². The van der Waals surface area contributed by atoms with Crippen molar-refractivity contribution in [1.82, 2.24) is 0 Å². The lowest BCUT2D eigenvalue weighted by molar-refractivity contribution is 0.0693. The Labute approximate surface area is 89.4 Å². The van der Waals surface area contributed by atoms with Crippen LogP contribution < -0.4 is 0 Å². The lowest BCUT2D eigenvalue weighted by Gasteiger charge is -2.08. The molecular weight excluding hydrogens is 192 g/mol. The summed E-state index contributed by atoms with van der Waals surface area (Å²) in [4.78, 5) is 10.8. The maximum absolute atomic E-state index is 10.8. The zero-order chi connectivity index (χ0) is 11.4. The van der Waals surface area contributed by atoms with Crippen LogP contribution in [0.2, 0.25) is 0 Å². The van der Waals surface area contributed by atoms with E-state index < -0.39 is 5.97 Å². The van der Waals surface area contributed by atoms with Gasteiger partial charge in [0.15, 0.2) is 0 Å². The van der Waals surface area contributed by atoms with Gasteiger partial charge in [-0.05, 0) is 37.0 Å². The first-order valence-corrected chi connectivity index (χ1v) is 5.12. The molecule has 0 radical (unpaired) electrons. The first-order valence-electron chi connectivity index (χ1n) is 5.12. The molecule has 2 N–H and O–H groups in total. The summed E-state index contributed by atoms with van der Waals surface area (Å²) in [6.07, 6.45) is 2.70. The third-order valence-corrected chi connectivity index (χ3v) is 2.36. The van der Waals surface area contributed by atoms with Crippen molar-refractivity contribution in [1.29, 1.82) is 0 Å². The summed E-state index contributed by atoms with van der Waals surface area (Å²) in [5.41, 5.74) is 1.60. The van der Waals surface area contributed by atoms with Gasteiger partial charge in [0.25, 0.3) is 0 Å². The molecule has 15 heavy (non-hydrogen) atoms. The molecule has 0 atom stereocenters. The van der Waals surface area contributed by atoms with Gasteiger partial charge in [-0.3, -0.25) is 0 Å². The number of hydrogen-bond acceptors (Lipinski definition) is 2. The monoisotopic (exact) mass is 208 g/mol. The molecule has 0 fully saturated rings. The summed E-state index contributed by atoms with van der Waals surface area (Å²) in [7, 11) is 0. The van der Waals surface area contributed by atoms with Crippen molar-refractivity contribution in [3.63, 3.8) is 0 Å². The highest BCUT2D eigenvalue weighted by Crippen LogP contribution is 2.26. The minimum Gasteiger partial charge on any atom is -0.507 e. The Balaban J connectivity index is 3.10. The van der Waals surface area contributed by atoms with E-state index in [-0.39, 0.29) is 11.3 Å². The number of benzene rings is 1. The van der Waals surface area contributed by atoms with Gasteiger partial charge in [-0.15, -0.1) is 0 Å². The molecular formula is C12H16O3. The quantitative estimate of drug-likeness (QED) is 0.799. The van der Waals surface area contributed by atoms with E-state index >= 15 is 0 Å². The second-order valence-corrected chi connectivity index (χ2v) is 3.73. The lowest BCUT2D eigenvalue weighted by Crippen LogP contribution is -2.00. The van der Waals surface area contributed by atoms with Gasteiger partial charge in [0, 0.05) is 0 Å². The van der Waals surface area contributed by atoms with E-state index in [4.69, 9.17) is 5.11 Å². The third-order valence-electron chi connectivity index (χ3n) is 2.36. The lowest BCUT2D eigenvalue weighted by atomic mass is 10.0. The van der Waals surface area contributed by atoms with Crippen LogP contribution in [0.4, 0.5) is 0 Å². The van der Waals surface area contributed by atoms with Gasteiger partial charge in [-0.2, -0.15) is 0 Å². The maximum Gasteiger partial charge on any atom is 0.339 e. The Hall–Kier alpha value is -1.51. The molecule has 1 rings (SSSR count). The summed E-state index contributed by atoms with van der Waals surface area (Å²) in [5, 5.41) is 18.6. The molecule has 0 aromatic heterocycles. The van der Waals surface area contributed by atoms with Gasteiger partial charge in [0.2, 0.25) is 0 Å². The molecule has 0 aliphatic heterocycles. The zero-order valence-corrected chi connectivity index (χ0v) is 9.08. The van der Waals surface area contributed by atoms with Crippen molar-refractivity contribution >= 4 is 5.97 Å². The summed E-state index contributed by atoms with van der Waals surface area (Å²) in [5.74, 6) is -1.16. The van der Waals surface area contributed by atoms with Gasteiger partial charge < -0.3 is 10.2 Å². The number of hydrogen-bond donors (Lipinski definition) is 2. The van der Waals surface area contributed by atoms with Gasteiger partial charge >= 0.3 is 5.97 Å². The molecule has 0 aliphatic carbocycles. The predicted octanol–water partition coefficient (Wildman–Crippen LogP) is 2.74. The highest BCUT2D eigenvalue weighted by molar-refractivity contribution is 5.91. The minimum absolute atomic E-state index is 0.00102. The fourth-order valence-electron chi connectivity index (χ4n) is 1.57. The zero-order valence-electron chi connectivity index (χ0n) is 9.08. The fourth-order valence-corrected chi connectivity index (χ4v) is 1.57. The fraction of sp³-hybridized carbons (Fsp3) is 0.417. The Bertz CT molecular complexity index is 369. The second-order valence-electron chi connectivity index (χ2n) is 3.73. The smallest absolute Gasteiger partial charge is 0.339 e. The number of aryl methyl sites for hydroxylation is 2. The molecule has 0 bridgehead atoms. The van der Waals surface area contributed by atoms with E-state index in [9.17, 15) is 9.90 Å². The van der Waals surface area contributed by atoms with Gasteiger partial charge in [-0.1, -0.05) is 19.4 Å². The molecule has 0 saturated heterocycles. The van der Waals surface area contributed by atoms with E-state index in [2.05, 4.69) is 6.92 Å². The first-order chi connectivity index (χ1) is 7.06. The van der Waals surface area contributed by atoms with Crippen LogP contribution in [-0.2, 0) is 6.42 Å². The average Bonchev–Trinajstić information content (AvgIpc) is 2.18. The van der Waals surface area contributed by atoms with Gasteiger partial charge in [-0.25, -0.2) is 4.79 Å². The SMILES string of the molecule is CCCCc1cc(C)cc(C(=O)O)c1O. The average molecular weight is 208 g/mol. The molecule has 0 heterocycles. The van der Waals surface area contributed by atoms with Crippen LogP contribution in [-0.4, -0.2) is 16.2 Å². The number of carboxylic acid groups (broad SMARTS) is 1. The topological polar surface area (TPSA) is 57.5 Å².